The van der Waals surface area contributed by atoms with Crippen LogP contribution < -0.4 is 11.5 Å². The minimum Gasteiger partial charge on any atom is -0.614 e. The molecule has 0 saturated heterocycles. The molecule has 1 rings (SSSR count). The average molecular weight is 229 g/mol. The Balaban J connectivity index is 2.60. The number of aliphatic imine (C=N–C) groups is 1. The number of nitrogens with two attached hydrogens (primary N) is 2. The zero-order chi connectivity index (χ0) is 11.4. The normalized spacial score (nSPS) is 14.6. The zero-order valence-corrected chi connectivity index (χ0v) is 9.54. The van der Waals surface area contributed by atoms with Gasteiger partial charge in [0, 0.05) is 12.6 Å². The highest BCUT2D eigenvalue weighted by molar-refractivity contribution is 7.91. The van der Waals surface area contributed by atoms with E-state index in [0.717, 1.165) is 11.4 Å². The van der Waals surface area contributed by atoms with Crippen molar-refractivity contribution in [1.29, 1.82) is 0 Å². The minimum atomic E-state index is -1.16. The Kier molecular flexibility index (Phi) is 3.98. The predicted octanol–water partition coefficient (Wildman–Crippen LogP) is -0.414. The van der Waals surface area contributed by atoms with Crippen LogP contribution in [0.3, 0.4) is 0 Å². The van der Waals surface area contributed by atoms with Gasteiger partial charge in [0.05, 0.1) is 6.33 Å². The number of aromatic nitrogens is 2. The van der Waals surface area contributed by atoms with E-state index in [-0.39, 0.29) is 5.96 Å². The van der Waals surface area contributed by atoms with Crippen molar-refractivity contribution >= 4 is 17.1 Å². The summed E-state index contributed by atoms with van der Waals surface area (Å²) in [5.41, 5.74) is 12.1. The molecule has 2 atom stereocenters. The highest BCUT2D eigenvalue weighted by atomic mass is 32.2. The number of H-pyrrole nitrogens is 1. The van der Waals surface area contributed by atoms with Crippen molar-refractivity contribution in [3.05, 3.63) is 17.7 Å². The molecule has 0 aliphatic rings. The van der Waals surface area contributed by atoms with Gasteiger partial charge in [0.25, 0.3) is 0 Å². The van der Waals surface area contributed by atoms with Gasteiger partial charge in [0.2, 0.25) is 5.37 Å². The summed E-state index contributed by atoms with van der Waals surface area (Å²) >= 11 is -1.16. The first-order chi connectivity index (χ1) is 7.00. The van der Waals surface area contributed by atoms with Crippen LogP contribution in [0.15, 0.2) is 11.3 Å². The van der Waals surface area contributed by atoms with Gasteiger partial charge in [-0.25, -0.2) is 4.98 Å². The van der Waals surface area contributed by atoms with Crippen LogP contribution in [0.4, 0.5) is 0 Å². The maximum atomic E-state index is 11.7. The Bertz CT molecular complexity index is 347. The quantitative estimate of drug-likeness (QED) is 0.369. The average Bonchev–Trinajstić information content (AvgIpc) is 2.50. The van der Waals surface area contributed by atoms with Crippen LogP contribution in [0, 0.1) is 6.92 Å². The maximum absolute atomic E-state index is 11.7. The number of imidazole rings is 1. The lowest BCUT2D eigenvalue weighted by atomic mass is 10.4. The lowest BCUT2D eigenvalue weighted by molar-refractivity contribution is 0.582. The largest absolute Gasteiger partial charge is 0.614 e. The summed E-state index contributed by atoms with van der Waals surface area (Å²) in [6.45, 7) is 3.59. The fourth-order valence-electron chi connectivity index (χ4n) is 1.06. The van der Waals surface area contributed by atoms with Crippen molar-refractivity contribution in [2.75, 3.05) is 0 Å². The van der Waals surface area contributed by atoms with Crippen molar-refractivity contribution in [3.63, 3.8) is 0 Å². The predicted molar refractivity (Wildman–Crippen MR) is 60.4 cm³/mol. The van der Waals surface area contributed by atoms with E-state index in [1.807, 2.05) is 6.92 Å². The molecular formula is C8H15N5OS. The van der Waals surface area contributed by atoms with Crippen molar-refractivity contribution in [1.82, 2.24) is 9.97 Å². The molecule has 1 aromatic rings. The molecule has 6 nitrogen and oxygen atoms in total. The first kappa shape index (κ1) is 11.9. The number of guanidine groups is 1. The fourth-order valence-corrected chi connectivity index (χ4v) is 2.10. The third kappa shape index (κ3) is 3.45. The molecule has 1 aromatic heterocycles. The summed E-state index contributed by atoms with van der Waals surface area (Å²) in [7, 11) is 0. The van der Waals surface area contributed by atoms with Crippen molar-refractivity contribution in [2.45, 2.75) is 25.0 Å². The van der Waals surface area contributed by atoms with E-state index in [1.165, 1.54) is 0 Å². The summed E-state index contributed by atoms with van der Waals surface area (Å²) in [5, 5.41) is -0.411. The first-order valence-corrected chi connectivity index (χ1v) is 5.83. The van der Waals surface area contributed by atoms with Crippen molar-refractivity contribution < 1.29 is 4.55 Å². The monoisotopic (exact) mass is 229 g/mol. The van der Waals surface area contributed by atoms with Crippen LogP contribution in [-0.4, -0.2) is 25.9 Å². The number of nitrogens with zero attached hydrogens (tertiary/aromatic N) is 2. The molecule has 0 saturated carbocycles. The SMILES string of the molecule is Cc1[nH]cnc1C[S+]([O-])C(C)N=C(N)N. The lowest BCUT2D eigenvalue weighted by Gasteiger charge is -2.14. The Morgan fingerprint density at radius 2 is 2.40 bits per heavy atom. The molecule has 1 heterocycles. The number of rotatable bonds is 4. The highest BCUT2D eigenvalue weighted by Gasteiger charge is 2.18. The smallest absolute Gasteiger partial charge is 0.206 e. The molecule has 0 spiro atoms. The topological polar surface area (TPSA) is 116 Å². The van der Waals surface area contributed by atoms with E-state index >= 15 is 0 Å². The van der Waals surface area contributed by atoms with Gasteiger partial charge in [-0.15, -0.1) is 0 Å². The van der Waals surface area contributed by atoms with Gasteiger partial charge in [0.1, 0.15) is 5.69 Å². The van der Waals surface area contributed by atoms with Crippen molar-refractivity contribution in [3.8, 4) is 0 Å². The molecule has 0 bridgehead atoms. The number of nitrogens with one attached hydrogen (secondary N) is 1. The number of aromatic amines is 1. The van der Waals surface area contributed by atoms with E-state index in [4.69, 9.17) is 11.5 Å². The number of hydrogen-bond acceptors (Lipinski definition) is 3. The van der Waals surface area contributed by atoms with Crippen molar-refractivity contribution in [2.24, 2.45) is 16.5 Å². The molecule has 2 unspecified atom stereocenters. The fraction of sp³-hybridized carbons (Fsp3) is 0.500. The summed E-state index contributed by atoms with van der Waals surface area (Å²) < 4.78 is 11.7. The Labute approximate surface area is 91.4 Å². The zero-order valence-electron chi connectivity index (χ0n) is 8.73. The lowest BCUT2D eigenvalue weighted by Crippen LogP contribution is -2.28. The van der Waals surface area contributed by atoms with Crippen LogP contribution in [0.5, 0.6) is 0 Å². The van der Waals surface area contributed by atoms with Gasteiger partial charge in [0.15, 0.2) is 11.7 Å². The van der Waals surface area contributed by atoms with Gasteiger partial charge >= 0.3 is 0 Å². The standard InChI is InChI=1S/C8H15N5OS/c1-5-7(12-4-11-5)3-15(14)6(2)13-8(9)10/h4,6H,3H2,1-2H3,(H,11,12)(H4,9,10,13). The molecule has 7 heteroatoms. The Morgan fingerprint density at radius 1 is 1.73 bits per heavy atom. The number of hydrogen-bond donors (Lipinski definition) is 3. The van der Waals surface area contributed by atoms with E-state index in [1.54, 1.807) is 13.3 Å². The first-order valence-electron chi connectivity index (χ1n) is 4.45. The van der Waals surface area contributed by atoms with Crippen LogP contribution in [0.1, 0.15) is 18.3 Å². The van der Waals surface area contributed by atoms with E-state index in [0.29, 0.717) is 5.75 Å². The van der Waals surface area contributed by atoms with Crippen LogP contribution >= 0.6 is 0 Å². The molecule has 0 fully saturated rings. The second-order valence-electron chi connectivity index (χ2n) is 3.15. The summed E-state index contributed by atoms with van der Waals surface area (Å²) in [6, 6.07) is 0. The van der Waals surface area contributed by atoms with Gasteiger partial charge in [-0.3, -0.25) is 0 Å². The van der Waals surface area contributed by atoms with Gasteiger partial charge in [-0.05, 0) is 18.1 Å². The van der Waals surface area contributed by atoms with Crippen LogP contribution in [0.2, 0.25) is 0 Å². The molecule has 0 radical (unpaired) electrons. The number of aryl methyl sites for hydroxylation is 1. The molecule has 0 amide bonds. The van der Waals surface area contributed by atoms with Crippen LogP contribution in [0.25, 0.3) is 0 Å². The highest BCUT2D eigenvalue weighted by Crippen LogP contribution is 2.12. The molecule has 15 heavy (non-hydrogen) atoms. The third-order valence-corrected chi connectivity index (χ3v) is 3.35. The van der Waals surface area contributed by atoms with Crippen LogP contribution in [-0.2, 0) is 16.9 Å². The summed E-state index contributed by atoms with van der Waals surface area (Å²) in [5.74, 6) is 0.308. The van der Waals surface area contributed by atoms with E-state index < -0.39 is 16.5 Å². The molecule has 84 valence electrons. The van der Waals surface area contributed by atoms with Gasteiger partial charge in [-0.2, -0.15) is 4.99 Å². The minimum absolute atomic E-state index is 0.0467. The summed E-state index contributed by atoms with van der Waals surface area (Å²) in [6.07, 6.45) is 1.58. The second kappa shape index (κ2) is 5.04. The molecule has 5 N–H and O–H groups in total. The van der Waals surface area contributed by atoms with Gasteiger partial charge in [-0.1, -0.05) is 0 Å². The van der Waals surface area contributed by atoms with E-state index in [9.17, 15) is 4.55 Å². The van der Waals surface area contributed by atoms with E-state index in [2.05, 4.69) is 15.0 Å². The second-order valence-corrected chi connectivity index (χ2v) is 4.88. The summed E-state index contributed by atoms with van der Waals surface area (Å²) in [4.78, 5) is 10.8. The Morgan fingerprint density at radius 3 is 2.87 bits per heavy atom. The maximum Gasteiger partial charge on any atom is 0.206 e. The molecule has 0 aromatic carbocycles. The molecule has 0 aliphatic carbocycles. The molecule has 0 aliphatic heterocycles. The van der Waals surface area contributed by atoms with Gasteiger partial charge < -0.3 is 21.0 Å². The Hall–Kier alpha value is -1.21. The third-order valence-electron chi connectivity index (χ3n) is 1.92. The molecular weight excluding hydrogens is 214 g/mol.